The van der Waals surface area contributed by atoms with Crippen LogP contribution in [0.3, 0.4) is 0 Å². The van der Waals surface area contributed by atoms with Gasteiger partial charge in [-0.1, -0.05) is 23.4 Å². The minimum Gasteiger partial charge on any atom is -0.347 e. The molecule has 3 rings (SSSR count). The van der Waals surface area contributed by atoms with Gasteiger partial charge in [0.25, 0.3) is 0 Å². The molecule has 2 heterocycles. The normalized spacial score (nSPS) is 11.2. The van der Waals surface area contributed by atoms with Gasteiger partial charge in [0.15, 0.2) is 0 Å². The highest BCUT2D eigenvalue weighted by molar-refractivity contribution is 5.94. The fourth-order valence-electron chi connectivity index (χ4n) is 2.13. The second-order valence-corrected chi connectivity index (χ2v) is 4.06. The summed E-state index contributed by atoms with van der Waals surface area (Å²) in [5.41, 5.74) is 7.64. The van der Waals surface area contributed by atoms with Gasteiger partial charge in [0.05, 0.1) is 6.54 Å². The first kappa shape index (κ1) is 11.0. The van der Waals surface area contributed by atoms with E-state index in [2.05, 4.69) is 40.0 Å². The molecule has 0 aliphatic rings. The number of fused-ring (bicyclic) bond motifs is 1. The molecule has 92 valence electrons. The third kappa shape index (κ3) is 1.60. The van der Waals surface area contributed by atoms with Gasteiger partial charge in [0.2, 0.25) is 11.7 Å². The number of hydrogen-bond donors (Lipinski definition) is 1. The van der Waals surface area contributed by atoms with E-state index in [1.807, 2.05) is 12.1 Å². The van der Waals surface area contributed by atoms with Crippen LogP contribution in [0.25, 0.3) is 22.3 Å². The average Bonchev–Trinajstić information content (AvgIpc) is 3.02. The Hall–Kier alpha value is -2.14. The van der Waals surface area contributed by atoms with Crippen molar-refractivity contribution in [2.75, 3.05) is 0 Å². The summed E-state index contributed by atoms with van der Waals surface area (Å²) in [6.45, 7) is 3.28. The lowest BCUT2D eigenvalue weighted by Gasteiger charge is -1.97. The second-order valence-electron chi connectivity index (χ2n) is 4.06. The third-order valence-corrected chi connectivity index (χ3v) is 3.01. The van der Waals surface area contributed by atoms with Gasteiger partial charge in [-0.3, -0.25) is 0 Å². The Morgan fingerprint density at radius 2 is 2.17 bits per heavy atom. The summed E-state index contributed by atoms with van der Waals surface area (Å²) < 4.78 is 7.23. The Morgan fingerprint density at radius 1 is 1.33 bits per heavy atom. The van der Waals surface area contributed by atoms with Crippen LogP contribution >= 0.6 is 0 Å². The van der Waals surface area contributed by atoms with Crippen molar-refractivity contribution in [1.29, 1.82) is 0 Å². The molecule has 3 aromatic rings. The van der Waals surface area contributed by atoms with Crippen LogP contribution in [0.4, 0.5) is 0 Å². The summed E-state index contributed by atoms with van der Waals surface area (Å²) in [4.78, 5) is 4.28. The van der Waals surface area contributed by atoms with E-state index in [1.165, 1.54) is 5.52 Å². The van der Waals surface area contributed by atoms with Crippen LogP contribution in [-0.4, -0.2) is 14.7 Å². The number of hydrogen-bond acceptors (Lipinski definition) is 4. The summed E-state index contributed by atoms with van der Waals surface area (Å²) in [5, 5.41) is 5.10. The smallest absolute Gasteiger partial charge is 0.240 e. The van der Waals surface area contributed by atoms with Crippen molar-refractivity contribution in [3.8, 4) is 11.4 Å². The average molecular weight is 242 g/mol. The first-order chi connectivity index (χ1) is 8.83. The molecule has 0 saturated carbocycles. The van der Waals surface area contributed by atoms with Crippen molar-refractivity contribution in [3.05, 3.63) is 36.4 Å². The van der Waals surface area contributed by atoms with E-state index >= 15 is 0 Å². The maximum absolute atomic E-state index is 5.48. The number of nitrogens with two attached hydrogens (primary N) is 1. The van der Waals surface area contributed by atoms with Crippen molar-refractivity contribution in [2.45, 2.75) is 20.0 Å². The van der Waals surface area contributed by atoms with Crippen LogP contribution in [0.15, 0.2) is 35.0 Å². The molecule has 5 nitrogen and oxygen atoms in total. The minimum absolute atomic E-state index is 0.263. The maximum Gasteiger partial charge on any atom is 0.240 e. The molecule has 0 fully saturated rings. The van der Waals surface area contributed by atoms with Gasteiger partial charge in [0, 0.05) is 29.2 Å². The van der Waals surface area contributed by atoms with E-state index < -0.39 is 0 Å². The van der Waals surface area contributed by atoms with Crippen LogP contribution in [0.1, 0.15) is 12.8 Å². The Balaban J connectivity index is 2.22. The Morgan fingerprint density at radius 3 is 2.89 bits per heavy atom. The highest BCUT2D eigenvalue weighted by Gasteiger charge is 2.14. The van der Waals surface area contributed by atoms with Crippen LogP contribution in [0, 0.1) is 0 Å². The Bertz CT molecular complexity index is 683. The van der Waals surface area contributed by atoms with Crippen molar-refractivity contribution in [3.63, 3.8) is 0 Å². The van der Waals surface area contributed by atoms with Crippen molar-refractivity contribution in [2.24, 2.45) is 5.73 Å². The largest absolute Gasteiger partial charge is 0.347 e. The monoisotopic (exact) mass is 242 g/mol. The third-order valence-electron chi connectivity index (χ3n) is 3.01. The summed E-state index contributed by atoms with van der Waals surface area (Å²) in [5.74, 6) is 1.05. The zero-order valence-corrected chi connectivity index (χ0v) is 10.1. The van der Waals surface area contributed by atoms with E-state index in [0.717, 1.165) is 17.5 Å². The molecule has 0 amide bonds. The predicted molar refractivity (Wildman–Crippen MR) is 68.8 cm³/mol. The van der Waals surface area contributed by atoms with Crippen molar-refractivity contribution < 1.29 is 4.52 Å². The first-order valence-electron chi connectivity index (χ1n) is 5.94. The summed E-state index contributed by atoms with van der Waals surface area (Å²) in [7, 11) is 0. The highest BCUT2D eigenvalue weighted by Crippen LogP contribution is 2.28. The quantitative estimate of drug-likeness (QED) is 0.764. The van der Waals surface area contributed by atoms with E-state index in [9.17, 15) is 0 Å². The van der Waals surface area contributed by atoms with Crippen LogP contribution in [0.5, 0.6) is 0 Å². The molecule has 0 spiro atoms. The highest BCUT2D eigenvalue weighted by atomic mass is 16.5. The van der Waals surface area contributed by atoms with Gasteiger partial charge in [-0.25, -0.2) is 0 Å². The molecule has 1 aromatic carbocycles. The van der Waals surface area contributed by atoms with Crippen LogP contribution in [-0.2, 0) is 13.1 Å². The SMILES string of the molecule is CCn1cc(-c2noc(CN)n2)c2ccccc21. The van der Waals surface area contributed by atoms with Gasteiger partial charge < -0.3 is 14.8 Å². The molecule has 0 bridgehead atoms. The standard InChI is InChI=1S/C13H14N4O/c1-2-17-8-10(9-5-3-4-6-11(9)17)13-15-12(7-14)18-16-13/h3-6,8H,2,7,14H2,1H3. The molecule has 0 unspecified atom stereocenters. The molecule has 5 heteroatoms. The molecule has 0 aliphatic heterocycles. The number of rotatable bonds is 3. The molecule has 0 radical (unpaired) electrons. The fourth-order valence-corrected chi connectivity index (χ4v) is 2.13. The van der Waals surface area contributed by atoms with Crippen molar-refractivity contribution in [1.82, 2.24) is 14.7 Å². The number of benzene rings is 1. The van der Waals surface area contributed by atoms with Gasteiger partial charge >= 0.3 is 0 Å². The zero-order valence-electron chi connectivity index (χ0n) is 10.1. The van der Waals surface area contributed by atoms with Crippen LogP contribution in [0.2, 0.25) is 0 Å². The minimum atomic E-state index is 0.263. The van der Waals surface area contributed by atoms with Crippen LogP contribution < -0.4 is 5.73 Å². The van der Waals surface area contributed by atoms with Crippen molar-refractivity contribution >= 4 is 10.9 Å². The van der Waals surface area contributed by atoms with E-state index in [1.54, 1.807) is 0 Å². The topological polar surface area (TPSA) is 69.9 Å². The molecular weight excluding hydrogens is 228 g/mol. The second kappa shape index (κ2) is 4.27. The van der Waals surface area contributed by atoms with Gasteiger partial charge in [0.1, 0.15) is 0 Å². The number of aromatic nitrogens is 3. The number of nitrogens with zero attached hydrogens (tertiary/aromatic N) is 3. The zero-order chi connectivity index (χ0) is 12.5. The molecular formula is C13H14N4O. The molecule has 18 heavy (non-hydrogen) atoms. The van der Waals surface area contributed by atoms with E-state index in [-0.39, 0.29) is 6.54 Å². The summed E-state index contributed by atoms with van der Waals surface area (Å²) in [6.07, 6.45) is 2.05. The lowest BCUT2D eigenvalue weighted by Crippen LogP contribution is -1.95. The number of para-hydroxylation sites is 1. The summed E-state index contributed by atoms with van der Waals surface area (Å²) in [6, 6.07) is 8.19. The fraction of sp³-hybridized carbons (Fsp3) is 0.231. The molecule has 0 atom stereocenters. The summed E-state index contributed by atoms with van der Waals surface area (Å²) >= 11 is 0. The van der Waals surface area contributed by atoms with E-state index in [4.69, 9.17) is 10.3 Å². The number of aryl methyl sites for hydroxylation is 1. The Labute approximate surface area is 104 Å². The molecule has 2 aromatic heterocycles. The lowest BCUT2D eigenvalue weighted by atomic mass is 10.2. The molecule has 2 N–H and O–H groups in total. The van der Waals surface area contributed by atoms with E-state index in [0.29, 0.717) is 11.7 Å². The first-order valence-corrected chi connectivity index (χ1v) is 5.94. The van der Waals surface area contributed by atoms with Gasteiger partial charge in [-0.15, -0.1) is 0 Å². The molecule has 0 aliphatic carbocycles. The van der Waals surface area contributed by atoms with Gasteiger partial charge in [-0.2, -0.15) is 4.98 Å². The lowest BCUT2D eigenvalue weighted by molar-refractivity contribution is 0.380. The molecule has 0 saturated heterocycles. The maximum atomic E-state index is 5.48. The Kier molecular flexibility index (Phi) is 2.60. The predicted octanol–water partition coefficient (Wildman–Crippen LogP) is 2.17. The van der Waals surface area contributed by atoms with Gasteiger partial charge in [-0.05, 0) is 13.0 Å².